The molecule has 242 valence electrons. The van der Waals surface area contributed by atoms with Crippen molar-refractivity contribution in [2.75, 3.05) is 0 Å². The number of carbonyl (C=O) groups excluding carboxylic acids is 4. The lowest BCUT2D eigenvalue weighted by molar-refractivity contribution is -0.142. The van der Waals surface area contributed by atoms with E-state index in [2.05, 4.69) is 25.9 Å². The summed E-state index contributed by atoms with van der Waals surface area (Å²) in [5, 5.41) is 27.8. The summed E-state index contributed by atoms with van der Waals surface area (Å²) >= 11 is 0. The van der Waals surface area contributed by atoms with Crippen molar-refractivity contribution < 1.29 is 39.0 Å². The fourth-order valence-corrected chi connectivity index (χ4v) is 5.11. The summed E-state index contributed by atoms with van der Waals surface area (Å²) < 4.78 is 0. The molecule has 0 saturated carbocycles. The highest BCUT2D eigenvalue weighted by molar-refractivity contribution is 5.96. The predicted octanol–water partition coefficient (Wildman–Crippen LogP) is 0.0409. The lowest BCUT2D eigenvalue weighted by Crippen LogP contribution is -2.58. The van der Waals surface area contributed by atoms with Crippen LogP contribution in [0.4, 0.5) is 0 Å². The number of carboxylic acids is 2. The number of H-pyrrole nitrogens is 2. The van der Waals surface area contributed by atoms with Crippen molar-refractivity contribution in [3.8, 4) is 0 Å². The average molecular weight is 634 g/mol. The molecule has 0 bridgehead atoms. The fraction of sp³-hybridized carbons (Fsp3) is 0.290. The number of nitrogens with one attached hydrogen (secondary N) is 5. The maximum atomic E-state index is 13.9. The van der Waals surface area contributed by atoms with E-state index in [1.807, 2.05) is 36.4 Å². The minimum absolute atomic E-state index is 0.0564. The molecule has 0 aliphatic carbocycles. The van der Waals surface area contributed by atoms with Gasteiger partial charge in [-0.1, -0.05) is 36.4 Å². The molecule has 4 unspecified atom stereocenters. The van der Waals surface area contributed by atoms with Crippen LogP contribution in [0.25, 0.3) is 21.8 Å². The molecule has 4 amide bonds. The van der Waals surface area contributed by atoms with Gasteiger partial charge in [-0.05, 0) is 29.7 Å². The van der Waals surface area contributed by atoms with E-state index >= 15 is 0 Å². The van der Waals surface area contributed by atoms with E-state index in [0.717, 1.165) is 21.8 Å². The van der Waals surface area contributed by atoms with Crippen LogP contribution in [0, 0.1) is 0 Å². The maximum absolute atomic E-state index is 13.9. The topological polar surface area (TPSA) is 263 Å². The predicted molar refractivity (Wildman–Crippen MR) is 166 cm³/mol. The van der Waals surface area contributed by atoms with Gasteiger partial charge in [-0.15, -0.1) is 0 Å². The molecule has 0 spiro atoms. The zero-order valence-corrected chi connectivity index (χ0v) is 24.6. The molecule has 0 aliphatic rings. The quantitative estimate of drug-likeness (QED) is 0.0805. The number of primary amides is 1. The fourth-order valence-electron chi connectivity index (χ4n) is 5.11. The Kier molecular flexibility index (Phi) is 10.7. The highest BCUT2D eigenvalue weighted by atomic mass is 16.4. The van der Waals surface area contributed by atoms with Gasteiger partial charge in [-0.25, -0.2) is 4.79 Å². The van der Waals surface area contributed by atoms with Gasteiger partial charge in [0.05, 0.1) is 12.5 Å². The van der Waals surface area contributed by atoms with E-state index in [9.17, 15) is 33.9 Å². The van der Waals surface area contributed by atoms with E-state index in [0.29, 0.717) is 11.1 Å². The summed E-state index contributed by atoms with van der Waals surface area (Å²) in [5.41, 5.74) is 13.8. The molecule has 4 rings (SSSR count). The van der Waals surface area contributed by atoms with Crippen molar-refractivity contribution in [3.05, 3.63) is 72.1 Å². The molecule has 0 saturated heterocycles. The summed E-state index contributed by atoms with van der Waals surface area (Å²) in [6, 6.07) is 8.94. The number of aliphatic carboxylic acids is 2. The molecule has 4 atom stereocenters. The van der Waals surface area contributed by atoms with Gasteiger partial charge in [-0.3, -0.25) is 24.0 Å². The number of hydrogen-bond donors (Lipinski definition) is 9. The molecular formula is C31H35N7O8. The molecule has 46 heavy (non-hydrogen) atoms. The number of benzene rings is 2. The Hall–Kier alpha value is -5.70. The van der Waals surface area contributed by atoms with Crippen molar-refractivity contribution >= 4 is 57.4 Å². The number of amides is 4. The minimum Gasteiger partial charge on any atom is -0.481 e. The van der Waals surface area contributed by atoms with Gasteiger partial charge >= 0.3 is 11.9 Å². The van der Waals surface area contributed by atoms with E-state index < -0.39 is 66.2 Å². The van der Waals surface area contributed by atoms with E-state index in [1.165, 1.54) is 0 Å². The normalized spacial score (nSPS) is 13.8. The Bertz CT molecular complexity index is 1760. The SMILES string of the molecule is NC(=O)CCC(NC(=O)C(Cc1c[nH]c2ccccc12)NC(=O)C(Cc1c[nH]c2ccccc12)NC(=O)C(N)CC(=O)O)C(=O)O. The zero-order valence-electron chi connectivity index (χ0n) is 24.6. The smallest absolute Gasteiger partial charge is 0.326 e. The second-order valence-electron chi connectivity index (χ2n) is 10.9. The summed E-state index contributed by atoms with van der Waals surface area (Å²) in [4.78, 5) is 80.8. The average Bonchev–Trinajstić information content (AvgIpc) is 3.61. The van der Waals surface area contributed by atoms with Crippen LogP contribution in [0.1, 0.15) is 30.4 Å². The van der Waals surface area contributed by atoms with Crippen molar-refractivity contribution in [1.82, 2.24) is 25.9 Å². The van der Waals surface area contributed by atoms with Gasteiger partial charge in [0.25, 0.3) is 0 Å². The number of nitrogens with two attached hydrogens (primary N) is 2. The third-order valence-electron chi connectivity index (χ3n) is 7.49. The highest BCUT2D eigenvalue weighted by Crippen LogP contribution is 2.21. The standard InChI is InChI=1S/C31H35N7O8/c32-20(13-27(40)41)28(42)37-24(11-16-14-34-21-7-3-1-5-18(16)21)30(44)38-25(12-17-15-35-22-8-4-2-6-19(17)22)29(43)36-23(31(45)46)9-10-26(33)39/h1-8,14-15,20,23-25,34-35H,9-13,32H2,(H2,33,39)(H,36,43)(H,37,42)(H,38,44)(H,40,41)(H,45,46). The second-order valence-corrected chi connectivity index (χ2v) is 10.9. The zero-order chi connectivity index (χ0) is 33.4. The molecule has 15 heteroatoms. The number of para-hydroxylation sites is 2. The molecule has 0 radical (unpaired) electrons. The summed E-state index contributed by atoms with van der Waals surface area (Å²) in [7, 11) is 0. The van der Waals surface area contributed by atoms with Crippen LogP contribution in [0.15, 0.2) is 60.9 Å². The molecule has 2 heterocycles. The third-order valence-corrected chi connectivity index (χ3v) is 7.49. The van der Waals surface area contributed by atoms with Crippen LogP contribution in [0.5, 0.6) is 0 Å². The van der Waals surface area contributed by atoms with Crippen LogP contribution in [-0.2, 0) is 41.6 Å². The first-order valence-electron chi connectivity index (χ1n) is 14.4. The first-order chi connectivity index (χ1) is 21.9. The number of carboxylic acid groups (broad SMARTS) is 2. The molecule has 11 N–H and O–H groups in total. The Balaban J connectivity index is 1.64. The molecule has 2 aromatic carbocycles. The molecule has 0 fully saturated rings. The van der Waals surface area contributed by atoms with Crippen LogP contribution < -0.4 is 27.4 Å². The van der Waals surface area contributed by atoms with Crippen molar-refractivity contribution in [3.63, 3.8) is 0 Å². The number of hydrogen-bond acceptors (Lipinski definition) is 7. The van der Waals surface area contributed by atoms with E-state index in [-0.39, 0.29) is 25.7 Å². The molecule has 15 nitrogen and oxygen atoms in total. The summed E-state index contributed by atoms with van der Waals surface area (Å²) in [6.45, 7) is 0. The largest absolute Gasteiger partial charge is 0.481 e. The van der Waals surface area contributed by atoms with Crippen molar-refractivity contribution in [1.29, 1.82) is 0 Å². The first-order valence-corrected chi connectivity index (χ1v) is 14.4. The summed E-state index contributed by atoms with van der Waals surface area (Å²) in [5.74, 6) is -6.00. The van der Waals surface area contributed by atoms with Gasteiger partial charge < -0.3 is 47.6 Å². The van der Waals surface area contributed by atoms with Crippen LogP contribution >= 0.6 is 0 Å². The highest BCUT2D eigenvalue weighted by Gasteiger charge is 2.32. The van der Waals surface area contributed by atoms with Gasteiger partial charge in [0.1, 0.15) is 18.1 Å². The maximum Gasteiger partial charge on any atom is 0.326 e. The minimum atomic E-state index is -1.47. The molecule has 2 aromatic heterocycles. The molecular weight excluding hydrogens is 598 g/mol. The molecule has 4 aromatic rings. The Labute approximate surface area is 262 Å². The Morgan fingerprint density at radius 2 is 1.15 bits per heavy atom. The number of aromatic amines is 2. The Morgan fingerprint density at radius 1 is 0.696 bits per heavy atom. The van der Waals surface area contributed by atoms with Crippen molar-refractivity contribution in [2.24, 2.45) is 11.5 Å². The van der Waals surface area contributed by atoms with Crippen LogP contribution in [-0.4, -0.2) is 79.9 Å². The first kappa shape index (κ1) is 33.2. The number of aromatic nitrogens is 2. The lowest BCUT2D eigenvalue weighted by Gasteiger charge is -2.25. The lowest BCUT2D eigenvalue weighted by atomic mass is 10.0. The summed E-state index contributed by atoms with van der Waals surface area (Å²) in [6.07, 6.45) is 1.95. The monoisotopic (exact) mass is 633 g/mol. The van der Waals surface area contributed by atoms with Gasteiger partial charge in [0, 0.05) is 53.5 Å². The van der Waals surface area contributed by atoms with Gasteiger partial charge in [0.15, 0.2) is 0 Å². The van der Waals surface area contributed by atoms with Gasteiger partial charge in [0.2, 0.25) is 23.6 Å². The van der Waals surface area contributed by atoms with Crippen LogP contribution in [0.2, 0.25) is 0 Å². The van der Waals surface area contributed by atoms with Gasteiger partial charge in [-0.2, -0.15) is 0 Å². The number of carbonyl (C=O) groups is 6. The second kappa shape index (κ2) is 14.9. The Morgan fingerprint density at radius 3 is 1.61 bits per heavy atom. The molecule has 0 aliphatic heterocycles. The van der Waals surface area contributed by atoms with Crippen molar-refractivity contribution in [2.45, 2.75) is 56.3 Å². The number of rotatable bonds is 16. The van der Waals surface area contributed by atoms with E-state index in [4.69, 9.17) is 16.6 Å². The van der Waals surface area contributed by atoms with E-state index in [1.54, 1.807) is 24.5 Å². The number of fused-ring (bicyclic) bond motifs is 2. The third kappa shape index (κ3) is 8.47. The van der Waals surface area contributed by atoms with Crippen LogP contribution in [0.3, 0.4) is 0 Å².